The number of aromatic amines is 1. The third kappa shape index (κ3) is 4.41. The van der Waals surface area contributed by atoms with E-state index in [1.807, 2.05) is 5.10 Å². The van der Waals surface area contributed by atoms with Crippen LogP contribution >= 0.6 is 0 Å². The molecular weight excluding hydrogens is 418 g/mol. The maximum Gasteiger partial charge on any atom is 0.423 e. The number of fused-ring (bicyclic) bond motifs is 1. The normalized spacial score (nSPS) is 17.2. The number of carbonyl (C=O) groups is 1. The summed E-state index contributed by atoms with van der Waals surface area (Å²) in [4.78, 5) is 25.6. The Morgan fingerprint density at radius 2 is 1.87 bits per heavy atom. The highest BCUT2D eigenvalue weighted by Gasteiger charge is 2.39. The molecule has 4 rings (SSSR count). The molecule has 0 bridgehead atoms. The average molecular weight is 439 g/mol. The van der Waals surface area contributed by atoms with Gasteiger partial charge in [-0.15, -0.1) is 0 Å². The van der Waals surface area contributed by atoms with E-state index in [-0.39, 0.29) is 31.4 Å². The quantitative estimate of drug-likeness (QED) is 0.551. The summed E-state index contributed by atoms with van der Waals surface area (Å²) in [6.07, 6.45) is -1.49. The number of halogens is 4. The van der Waals surface area contributed by atoms with Gasteiger partial charge in [-0.1, -0.05) is 0 Å². The number of rotatable bonds is 5. The van der Waals surface area contributed by atoms with Crippen molar-refractivity contribution in [3.8, 4) is 0 Å². The van der Waals surface area contributed by atoms with Crippen molar-refractivity contribution in [1.82, 2.24) is 20.4 Å². The number of hydrogen-bond acceptors (Lipinski definition) is 5. The SMILES string of the molecule is O=CN1CCC(NCc2cc3c(cc2F)CN(c2cn[nH]c(=O)c2C(F)(F)F)C3)CC1. The first-order valence-corrected chi connectivity index (χ1v) is 9.89. The van der Waals surface area contributed by atoms with Crippen molar-refractivity contribution in [2.75, 3.05) is 18.0 Å². The van der Waals surface area contributed by atoms with Gasteiger partial charge in [0.15, 0.2) is 0 Å². The molecule has 2 aromatic rings. The van der Waals surface area contributed by atoms with E-state index >= 15 is 0 Å². The molecule has 0 unspecified atom stereocenters. The highest BCUT2D eigenvalue weighted by molar-refractivity contribution is 5.56. The lowest BCUT2D eigenvalue weighted by atomic mass is 10.0. The van der Waals surface area contributed by atoms with Crippen LogP contribution in [-0.2, 0) is 30.6 Å². The Morgan fingerprint density at radius 1 is 1.19 bits per heavy atom. The van der Waals surface area contributed by atoms with E-state index in [2.05, 4.69) is 10.4 Å². The average Bonchev–Trinajstić information content (AvgIpc) is 3.14. The minimum atomic E-state index is -4.83. The highest BCUT2D eigenvalue weighted by atomic mass is 19.4. The Morgan fingerprint density at radius 3 is 2.52 bits per heavy atom. The molecule has 1 aromatic heterocycles. The third-order valence-corrected chi connectivity index (χ3v) is 5.81. The van der Waals surface area contributed by atoms with Crippen molar-refractivity contribution in [2.45, 2.75) is 44.7 Å². The number of H-pyrrole nitrogens is 1. The molecule has 1 amide bonds. The van der Waals surface area contributed by atoms with Crippen molar-refractivity contribution >= 4 is 12.1 Å². The Balaban J connectivity index is 1.49. The van der Waals surface area contributed by atoms with Gasteiger partial charge in [0.2, 0.25) is 6.41 Å². The van der Waals surface area contributed by atoms with Gasteiger partial charge in [0.25, 0.3) is 5.56 Å². The van der Waals surface area contributed by atoms with Gasteiger partial charge in [0, 0.05) is 44.3 Å². The molecule has 0 saturated carbocycles. The van der Waals surface area contributed by atoms with Crippen LogP contribution in [0.2, 0.25) is 0 Å². The summed E-state index contributed by atoms with van der Waals surface area (Å²) in [6, 6.07) is 3.16. The van der Waals surface area contributed by atoms with Gasteiger partial charge in [-0.05, 0) is 36.1 Å². The first-order valence-electron chi connectivity index (χ1n) is 9.89. The van der Waals surface area contributed by atoms with Crippen LogP contribution in [0, 0.1) is 5.82 Å². The summed E-state index contributed by atoms with van der Waals surface area (Å²) in [7, 11) is 0. The molecule has 0 aliphatic carbocycles. The van der Waals surface area contributed by atoms with Crippen molar-refractivity contribution in [3.05, 3.63) is 56.8 Å². The van der Waals surface area contributed by atoms with Crippen LogP contribution in [0.15, 0.2) is 23.1 Å². The van der Waals surface area contributed by atoms with Crippen LogP contribution in [0.25, 0.3) is 0 Å². The Labute approximate surface area is 175 Å². The molecule has 7 nitrogen and oxygen atoms in total. The molecule has 11 heteroatoms. The zero-order valence-electron chi connectivity index (χ0n) is 16.5. The Hall–Kier alpha value is -2.95. The number of amides is 1. The van der Waals surface area contributed by atoms with E-state index < -0.39 is 23.1 Å². The number of piperidine rings is 1. The number of alkyl halides is 3. The second kappa shape index (κ2) is 8.29. The molecule has 1 fully saturated rings. The summed E-state index contributed by atoms with van der Waals surface area (Å²) in [5.41, 5.74) is -1.22. The zero-order valence-corrected chi connectivity index (χ0v) is 16.5. The monoisotopic (exact) mass is 439 g/mol. The lowest BCUT2D eigenvalue weighted by molar-refractivity contribution is -0.138. The topological polar surface area (TPSA) is 81.3 Å². The minimum absolute atomic E-state index is 0.0539. The van der Waals surface area contributed by atoms with Gasteiger partial charge in [0.1, 0.15) is 11.4 Å². The fraction of sp³-hybridized carbons (Fsp3) is 0.450. The van der Waals surface area contributed by atoms with E-state index in [4.69, 9.17) is 0 Å². The summed E-state index contributed by atoms with van der Waals surface area (Å²) >= 11 is 0. The van der Waals surface area contributed by atoms with Crippen molar-refractivity contribution in [1.29, 1.82) is 0 Å². The van der Waals surface area contributed by atoms with Gasteiger partial charge in [-0.3, -0.25) is 9.59 Å². The van der Waals surface area contributed by atoms with Crippen molar-refractivity contribution < 1.29 is 22.4 Å². The van der Waals surface area contributed by atoms with Crippen LogP contribution in [-0.4, -0.2) is 40.6 Å². The number of aromatic nitrogens is 2. The predicted molar refractivity (Wildman–Crippen MR) is 104 cm³/mol. The zero-order chi connectivity index (χ0) is 22.2. The van der Waals surface area contributed by atoms with E-state index in [1.165, 1.54) is 11.0 Å². The standard InChI is InChI=1S/C20H21F4N5O2/c21-16-6-14-10-29(17-8-26-27-19(31)18(17)20(22,23)24)9-13(14)5-12(16)7-25-15-1-3-28(11-30)4-2-15/h5-6,8,11,15,25H,1-4,7,9-10H2,(H,27,31). The fourth-order valence-corrected chi connectivity index (χ4v) is 4.14. The van der Waals surface area contributed by atoms with E-state index in [0.29, 0.717) is 29.8 Å². The first-order chi connectivity index (χ1) is 14.8. The number of nitrogens with one attached hydrogen (secondary N) is 2. The number of carbonyl (C=O) groups excluding carboxylic acids is 1. The molecule has 2 aliphatic rings. The summed E-state index contributed by atoms with van der Waals surface area (Å²) in [6.45, 7) is 1.75. The number of benzene rings is 1. The number of nitrogens with zero attached hydrogens (tertiary/aromatic N) is 3. The lowest BCUT2D eigenvalue weighted by Gasteiger charge is -2.29. The summed E-state index contributed by atoms with van der Waals surface area (Å²) in [5.74, 6) is -0.432. The molecule has 2 N–H and O–H groups in total. The molecule has 0 spiro atoms. The van der Waals surface area contributed by atoms with Crippen molar-refractivity contribution in [3.63, 3.8) is 0 Å². The Bertz CT molecular complexity index is 1030. The molecular formula is C20H21F4N5O2. The molecule has 31 heavy (non-hydrogen) atoms. The van der Waals surface area contributed by atoms with Gasteiger partial charge in [-0.2, -0.15) is 18.3 Å². The maximum absolute atomic E-state index is 14.6. The van der Waals surface area contributed by atoms with E-state index in [9.17, 15) is 27.2 Å². The first kappa shape index (κ1) is 21.3. The summed E-state index contributed by atoms with van der Waals surface area (Å²) in [5, 5.41) is 8.62. The van der Waals surface area contributed by atoms with Gasteiger partial charge < -0.3 is 15.1 Å². The molecule has 3 heterocycles. The second-order valence-electron chi connectivity index (χ2n) is 7.82. The second-order valence-corrected chi connectivity index (χ2v) is 7.82. The fourth-order valence-electron chi connectivity index (χ4n) is 4.14. The van der Waals surface area contributed by atoms with Gasteiger partial charge >= 0.3 is 6.18 Å². The summed E-state index contributed by atoms with van der Waals surface area (Å²) < 4.78 is 54.8. The minimum Gasteiger partial charge on any atom is -0.361 e. The smallest absolute Gasteiger partial charge is 0.361 e. The van der Waals surface area contributed by atoms with Crippen LogP contribution in [0.5, 0.6) is 0 Å². The van der Waals surface area contributed by atoms with Gasteiger partial charge in [-0.25, -0.2) is 9.49 Å². The van der Waals surface area contributed by atoms with Gasteiger partial charge in [0.05, 0.1) is 11.9 Å². The van der Waals surface area contributed by atoms with Crippen LogP contribution < -0.4 is 15.8 Å². The van der Waals surface area contributed by atoms with E-state index in [0.717, 1.165) is 25.4 Å². The third-order valence-electron chi connectivity index (χ3n) is 5.81. The molecule has 1 aromatic carbocycles. The molecule has 0 radical (unpaired) electrons. The Kier molecular flexibility index (Phi) is 5.69. The molecule has 0 atom stereocenters. The van der Waals surface area contributed by atoms with Crippen molar-refractivity contribution in [2.24, 2.45) is 0 Å². The molecule has 2 aliphatic heterocycles. The molecule has 166 valence electrons. The van der Waals surface area contributed by atoms with E-state index in [1.54, 1.807) is 11.0 Å². The largest absolute Gasteiger partial charge is 0.423 e. The number of hydrogen-bond donors (Lipinski definition) is 2. The maximum atomic E-state index is 14.6. The highest BCUT2D eigenvalue weighted by Crippen LogP contribution is 2.37. The van der Waals surface area contributed by atoms with Crippen LogP contribution in [0.1, 0.15) is 35.1 Å². The lowest BCUT2D eigenvalue weighted by Crippen LogP contribution is -2.41. The predicted octanol–water partition coefficient (Wildman–Crippen LogP) is 2.16. The van der Waals surface area contributed by atoms with Crippen LogP contribution in [0.4, 0.5) is 23.2 Å². The number of likely N-dealkylation sites (tertiary alicyclic amines) is 1. The van der Waals surface area contributed by atoms with Crippen LogP contribution in [0.3, 0.4) is 0 Å². The number of anilines is 1. The molecule has 1 saturated heterocycles.